The first kappa shape index (κ1) is 11.1. The summed E-state index contributed by atoms with van der Waals surface area (Å²) in [5.41, 5.74) is 1.86. The molecule has 2 rings (SSSR count). The number of hydrogen-bond donors (Lipinski definition) is 1. The highest BCUT2D eigenvalue weighted by molar-refractivity contribution is 6.04. The Labute approximate surface area is 99.1 Å². The first-order valence-corrected chi connectivity index (χ1v) is 5.21. The Balaban J connectivity index is 2.10. The van der Waals surface area contributed by atoms with Gasteiger partial charge in [-0.3, -0.25) is 9.59 Å². The largest absolute Gasteiger partial charge is 0.322 e. The van der Waals surface area contributed by atoms with E-state index in [-0.39, 0.29) is 5.91 Å². The van der Waals surface area contributed by atoms with Crippen LogP contribution in [0.4, 0.5) is 5.69 Å². The van der Waals surface area contributed by atoms with E-state index in [1.807, 2.05) is 18.2 Å². The van der Waals surface area contributed by atoms with Crippen LogP contribution in [-0.2, 0) is 0 Å². The fraction of sp³-hybridized carbons (Fsp3) is 0. The Bertz CT molecular complexity index is 518. The molecule has 0 heterocycles. The first-order chi connectivity index (χ1) is 8.29. The molecule has 0 aliphatic heterocycles. The van der Waals surface area contributed by atoms with Crippen LogP contribution < -0.4 is 5.32 Å². The van der Waals surface area contributed by atoms with Gasteiger partial charge in [-0.25, -0.2) is 0 Å². The molecule has 0 saturated carbocycles. The van der Waals surface area contributed by atoms with Gasteiger partial charge in [0.05, 0.1) is 0 Å². The zero-order chi connectivity index (χ0) is 12.1. The third-order valence-corrected chi connectivity index (χ3v) is 2.34. The van der Waals surface area contributed by atoms with Crippen LogP contribution in [0.15, 0.2) is 54.6 Å². The Kier molecular flexibility index (Phi) is 3.31. The minimum atomic E-state index is -0.163. The van der Waals surface area contributed by atoms with Crippen LogP contribution in [0, 0.1) is 0 Å². The number of rotatable bonds is 3. The summed E-state index contributed by atoms with van der Waals surface area (Å²) >= 11 is 0. The van der Waals surface area contributed by atoms with Gasteiger partial charge in [-0.2, -0.15) is 0 Å². The number of carbonyl (C=O) groups is 2. The van der Waals surface area contributed by atoms with Gasteiger partial charge in [0.1, 0.15) is 6.29 Å². The molecule has 0 saturated heterocycles. The Morgan fingerprint density at radius 2 is 1.59 bits per heavy atom. The van der Waals surface area contributed by atoms with E-state index in [2.05, 4.69) is 5.32 Å². The van der Waals surface area contributed by atoms with Crippen LogP contribution in [0.5, 0.6) is 0 Å². The quantitative estimate of drug-likeness (QED) is 0.816. The standard InChI is InChI=1S/C14H11NO2/c16-10-11-6-8-13(9-7-11)15-14(17)12-4-2-1-3-5-12/h1-10H,(H,15,17). The van der Waals surface area contributed by atoms with E-state index >= 15 is 0 Å². The zero-order valence-corrected chi connectivity index (χ0v) is 9.09. The molecule has 3 nitrogen and oxygen atoms in total. The SMILES string of the molecule is O=Cc1ccc(NC(=O)c2ccccc2)cc1. The second-order valence-electron chi connectivity index (χ2n) is 3.56. The summed E-state index contributed by atoms with van der Waals surface area (Å²) in [4.78, 5) is 22.3. The summed E-state index contributed by atoms with van der Waals surface area (Å²) in [6.45, 7) is 0. The van der Waals surface area contributed by atoms with Crippen LogP contribution in [0.25, 0.3) is 0 Å². The molecule has 1 N–H and O–H groups in total. The Hall–Kier alpha value is -2.42. The molecular weight excluding hydrogens is 214 g/mol. The second-order valence-corrected chi connectivity index (χ2v) is 3.56. The van der Waals surface area contributed by atoms with Crippen molar-refractivity contribution in [3.05, 3.63) is 65.7 Å². The van der Waals surface area contributed by atoms with Gasteiger partial charge in [-0.1, -0.05) is 18.2 Å². The van der Waals surface area contributed by atoms with E-state index in [0.717, 1.165) is 6.29 Å². The molecule has 0 aliphatic rings. The minimum absolute atomic E-state index is 0.163. The van der Waals surface area contributed by atoms with E-state index in [1.54, 1.807) is 36.4 Å². The van der Waals surface area contributed by atoms with Crippen molar-refractivity contribution in [1.82, 2.24) is 0 Å². The normalized spacial score (nSPS) is 9.65. The highest BCUT2D eigenvalue weighted by Crippen LogP contribution is 2.10. The summed E-state index contributed by atoms with van der Waals surface area (Å²) in [5, 5.41) is 2.75. The minimum Gasteiger partial charge on any atom is -0.322 e. The van der Waals surface area contributed by atoms with E-state index in [0.29, 0.717) is 16.8 Å². The molecule has 0 fully saturated rings. The number of anilines is 1. The molecule has 0 bridgehead atoms. The molecular formula is C14H11NO2. The molecule has 84 valence electrons. The molecule has 0 spiro atoms. The molecule has 0 aliphatic carbocycles. The molecule has 17 heavy (non-hydrogen) atoms. The van der Waals surface area contributed by atoms with Crippen molar-refractivity contribution in [3.8, 4) is 0 Å². The molecule has 0 atom stereocenters. The fourth-order valence-corrected chi connectivity index (χ4v) is 1.44. The monoisotopic (exact) mass is 225 g/mol. The molecule has 3 heteroatoms. The summed E-state index contributed by atoms with van der Waals surface area (Å²) < 4.78 is 0. The van der Waals surface area contributed by atoms with Crippen molar-refractivity contribution < 1.29 is 9.59 Å². The van der Waals surface area contributed by atoms with Gasteiger partial charge in [-0.05, 0) is 36.4 Å². The predicted molar refractivity (Wildman–Crippen MR) is 66.2 cm³/mol. The summed E-state index contributed by atoms with van der Waals surface area (Å²) in [6, 6.07) is 15.7. The van der Waals surface area contributed by atoms with Crippen molar-refractivity contribution in [2.45, 2.75) is 0 Å². The molecule has 0 aromatic heterocycles. The van der Waals surface area contributed by atoms with Crippen molar-refractivity contribution in [1.29, 1.82) is 0 Å². The summed E-state index contributed by atoms with van der Waals surface area (Å²) in [5.74, 6) is -0.163. The van der Waals surface area contributed by atoms with Gasteiger partial charge in [0, 0.05) is 16.8 Å². The highest BCUT2D eigenvalue weighted by Gasteiger charge is 2.04. The molecule has 2 aromatic rings. The number of amides is 1. The number of benzene rings is 2. The maximum absolute atomic E-state index is 11.8. The summed E-state index contributed by atoms with van der Waals surface area (Å²) in [6.07, 6.45) is 0.767. The third-order valence-electron chi connectivity index (χ3n) is 2.34. The zero-order valence-electron chi connectivity index (χ0n) is 9.09. The van der Waals surface area contributed by atoms with Crippen LogP contribution >= 0.6 is 0 Å². The van der Waals surface area contributed by atoms with Crippen LogP contribution in [0.2, 0.25) is 0 Å². The van der Waals surface area contributed by atoms with E-state index < -0.39 is 0 Å². The average Bonchev–Trinajstić information content (AvgIpc) is 2.40. The van der Waals surface area contributed by atoms with Crippen molar-refractivity contribution in [2.24, 2.45) is 0 Å². The van der Waals surface area contributed by atoms with Gasteiger partial charge in [0.15, 0.2) is 0 Å². The van der Waals surface area contributed by atoms with Crippen molar-refractivity contribution in [3.63, 3.8) is 0 Å². The molecule has 1 amide bonds. The van der Waals surface area contributed by atoms with Gasteiger partial charge >= 0.3 is 0 Å². The van der Waals surface area contributed by atoms with E-state index in [9.17, 15) is 9.59 Å². The number of aldehydes is 1. The van der Waals surface area contributed by atoms with Gasteiger partial charge in [0.25, 0.3) is 5.91 Å². The highest BCUT2D eigenvalue weighted by atomic mass is 16.1. The topological polar surface area (TPSA) is 46.2 Å². The molecule has 0 unspecified atom stereocenters. The van der Waals surface area contributed by atoms with E-state index in [4.69, 9.17) is 0 Å². The lowest BCUT2D eigenvalue weighted by Crippen LogP contribution is -2.11. The van der Waals surface area contributed by atoms with Crippen molar-refractivity contribution >= 4 is 17.9 Å². The lowest BCUT2D eigenvalue weighted by atomic mass is 10.2. The second kappa shape index (κ2) is 5.07. The smallest absolute Gasteiger partial charge is 0.255 e. The van der Waals surface area contributed by atoms with Crippen LogP contribution in [0.3, 0.4) is 0 Å². The van der Waals surface area contributed by atoms with Crippen LogP contribution in [-0.4, -0.2) is 12.2 Å². The lowest BCUT2D eigenvalue weighted by Gasteiger charge is -2.04. The molecule has 0 radical (unpaired) electrons. The van der Waals surface area contributed by atoms with Gasteiger partial charge in [0.2, 0.25) is 0 Å². The number of hydrogen-bond acceptors (Lipinski definition) is 2. The maximum Gasteiger partial charge on any atom is 0.255 e. The summed E-state index contributed by atoms with van der Waals surface area (Å²) in [7, 11) is 0. The first-order valence-electron chi connectivity index (χ1n) is 5.21. The van der Waals surface area contributed by atoms with Crippen LogP contribution in [0.1, 0.15) is 20.7 Å². The third kappa shape index (κ3) is 2.78. The lowest BCUT2D eigenvalue weighted by molar-refractivity contribution is 0.102. The number of nitrogens with one attached hydrogen (secondary N) is 1. The van der Waals surface area contributed by atoms with Gasteiger partial charge in [-0.15, -0.1) is 0 Å². The van der Waals surface area contributed by atoms with E-state index in [1.165, 1.54) is 0 Å². The average molecular weight is 225 g/mol. The van der Waals surface area contributed by atoms with Crippen molar-refractivity contribution in [2.75, 3.05) is 5.32 Å². The fourth-order valence-electron chi connectivity index (χ4n) is 1.44. The maximum atomic E-state index is 11.8. The molecule has 2 aromatic carbocycles. The Morgan fingerprint density at radius 3 is 2.18 bits per heavy atom. The van der Waals surface area contributed by atoms with Gasteiger partial charge < -0.3 is 5.32 Å². The predicted octanol–water partition coefficient (Wildman–Crippen LogP) is 2.75. The number of carbonyl (C=O) groups excluding carboxylic acids is 2. The Morgan fingerprint density at radius 1 is 0.941 bits per heavy atom.